The first-order valence-electron chi connectivity index (χ1n) is 10.8. The highest BCUT2D eigenvalue weighted by Crippen LogP contribution is 2.43. The second-order valence-corrected chi connectivity index (χ2v) is 8.44. The number of pyridine rings is 1. The molecule has 2 aliphatic heterocycles. The normalized spacial score (nSPS) is 18.1. The number of hydrazine groups is 1. The van der Waals surface area contributed by atoms with Gasteiger partial charge in [0.25, 0.3) is 0 Å². The molecule has 1 unspecified atom stereocenters. The molecule has 1 atom stereocenters. The number of aromatic nitrogens is 1. The third-order valence-corrected chi connectivity index (χ3v) is 6.19. The van der Waals surface area contributed by atoms with Crippen molar-refractivity contribution in [3.63, 3.8) is 0 Å². The van der Waals surface area contributed by atoms with Crippen LogP contribution < -0.4 is 15.5 Å². The van der Waals surface area contributed by atoms with Gasteiger partial charge in [-0.2, -0.15) is 0 Å². The molecule has 0 aliphatic carbocycles. The highest BCUT2D eigenvalue weighted by Gasteiger charge is 2.33. The van der Waals surface area contributed by atoms with Crippen molar-refractivity contribution in [2.75, 3.05) is 6.54 Å². The Hall–Kier alpha value is -3.29. The first kappa shape index (κ1) is 20.6. The zero-order chi connectivity index (χ0) is 21.9. The van der Waals surface area contributed by atoms with E-state index in [1.165, 1.54) is 0 Å². The fourth-order valence-electron chi connectivity index (χ4n) is 4.52. The SMILES string of the molecule is O=C(NC(=S)NN1CCCCC1c1cccnc1)C1c2ccccc2Oc2ccccc21. The topological polar surface area (TPSA) is 66.5 Å². The summed E-state index contributed by atoms with van der Waals surface area (Å²) in [6.07, 6.45) is 6.89. The lowest BCUT2D eigenvalue weighted by atomic mass is 9.87. The molecular formula is C25H24N4O2S. The van der Waals surface area contributed by atoms with Crippen LogP contribution >= 0.6 is 12.2 Å². The van der Waals surface area contributed by atoms with E-state index in [-0.39, 0.29) is 11.9 Å². The molecule has 7 heteroatoms. The number of benzene rings is 2. The zero-order valence-corrected chi connectivity index (χ0v) is 18.3. The molecule has 6 nitrogen and oxygen atoms in total. The minimum absolute atomic E-state index is 0.164. The van der Waals surface area contributed by atoms with Crippen molar-refractivity contribution in [3.8, 4) is 11.5 Å². The number of ether oxygens (including phenoxy) is 1. The number of carbonyl (C=O) groups excluding carboxylic acids is 1. The Morgan fingerprint density at radius 1 is 1.00 bits per heavy atom. The van der Waals surface area contributed by atoms with Crippen LogP contribution in [-0.4, -0.2) is 27.6 Å². The second-order valence-electron chi connectivity index (χ2n) is 8.03. The quantitative estimate of drug-likeness (QED) is 0.582. The largest absolute Gasteiger partial charge is 0.457 e. The predicted octanol–water partition coefficient (Wildman–Crippen LogP) is 4.45. The van der Waals surface area contributed by atoms with Crippen LogP contribution in [0.15, 0.2) is 73.1 Å². The first-order chi connectivity index (χ1) is 15.7. The van der Waals surface area contributed by atoms with Gasteiger partial charge in [0.05, 0.1) is 12.0 Å². The van der Waals surface area contributed by atoms with Gasteiger partial charge < -0.3 is 10.1 Å². The van der Waals surface area contributed by atoms with Gasteiger partial charge in [-0.25, -0.2) is 5.01 Å². The van der Waals surface area contributed by atoms with Crippen molar-refractivity contribution >= 4 is 23.2 Å². The second kappa shape index (κ2) is 9.06. The van der Waals surface area contributed by atoms with Crippen molar-refractivity contribution < 1.29 is 9.53 Å². The van der Waals surface area contributed by atoms with Gasteiger partial charge in [0.2, 0.25) is 5.91 Å². The molecule has 32 heavy (non-hydrogen) atoms. The summed E-state index contributed by atoms with van der Waals surface area (Å²) in [5, 5.41) is 5.32. The van der Waals surface area contributed by atoms with Crippen molar-refractivity contribution in [2.24, 2.45) is 0 Å². The highest BCUT2D eigenvalue weighted by atomic mass is 32.1. The minimum Gasteiger partial charge on any atom is -0.457 e. The summed E-state index contributed by atoms with van der Waals surface area (Å²) >= 11 is 5.55. The highest BCUT2D eigenvalue weighted by molar-refractivity contribution is 7.80. The molecule has 3 heterocycles. The van der Waals surface area contributed by atoms with Crippen molar-refractivity contribution in [1.82, 2.24) is 20.7 Å². The maximum Gasteiger partial charge on any atom is 0.238 e. The van der Waals surface area contributed by atoms with E-state index in [0.717, 1.165) is 42.5 Å². The van der Waals surface area contributed by atoms with Gasteiger partial charge in [-0.05, 0) is 48.8 Å². The Labute approximate surface area is 192 Å². The number of hydrogen-bond acceptors (Lipinski definition) is 5. The average molecular weight is 445 g/mol. The summed E-state index contributed by atoms with van der Waals surface area (Å²) in [4.78, 5) is 17.7. The zero-order valence-electron chi connectivity index (χ0n) is 17.5. The molecule has 2 aliphatic rings. The van der Waals surface area contributed by atoms with Crippen LogP contribution in [-0.2, 0) is 4.79 Å². The maximum absolute atomic E-state index is 13.4. The minimum atomic E-state index is -0.494. The van der Waals surface area contributed by atoms with Gasteiger partial charge in [0.1, 0.15) is 11.5 Å². The number of para-hydroxylation sites is 2. The van der Waals surface area contributed by atoms with E-state index < -0.39 is 5.92 Å². The first-order valence-corrected chi connectivity index (χ1v) is 11.3. The van der Waals surface area contributed by atoms with Gasteiger partial charge in [-0.15, -0.1) is 0 Å². The smallest absolute Gasteiger partial charge is 0.238 e. The summed E-state index contributed by atoms with van der Waals surface area (Å²) in [5.41, 5.74) is 6.06. The average Bonchev–Trinajstić information content (AvgIpc) is 2.83. The standard InChI is InChI=1S/C25H24N4O2S/c30-24(23-18-9-1-3-12-21(18)31-22-13-4-2-10-19(22)23)27-25(32)28-29-15-6-5-11-20(29)17-8-7-14-26-16-17/h1-4,7-10,12-14,16,20,23H,5-6,11,15H2,(H2,27,28,30,32). The van der Waals surface area contributed by atoms with E-state index in [1.807, 2.05) is 60.8 Å². The summed E-state index contributed by atoms with van der Waals surface area (Å²) in [6, 6.07) is 19.4. The van der Waals surface area contributed by atoms with Crippen LogP contribution in [0.2, 0.25) is 0 Å². The molecule has 1 saturated heterocycles. The summed E-state index contributed by atoms with van der Waals surface area (Å²) in [5.74, 6) is 0.711. The van der Waals surface area contributed by atoms with Gasteiger partial charge in [0.15, 0.2) is 5.11 Å². The van der Waals surface area contributed by atoms with Crippen LogP contribution in [0.5, 0.6) is 11.5 Å². The number of piperidine rings is 1. The molecule has 162 valence electrons. The van der Waals surface area contributed by atoms with E-state index in [9.17, 15) is 4.79 Å². The van der Waals surface area contributed by atoms with Crippen LogP contribution in [0.3, 0.4) is 0 Å². The number of rotatable bonds is 3. The number of amides is 1. The van der Waals surface area contributed by atoms with E-state index in [1.54, 1.807) is 6.20 Å². The summed E-state index contributed by atoms with van der Waals surface area (Å²) in [6.45, 7) is 0.846. The Morgan fingerprint density at radius 3 is 2.41 bits per heavy atom. The van der Waals surface area contributed by atoms with Crippen LogP contribution in [0.25, 0.3) is 0 Å². The van der Waals surface area contributed by atoms with Gasteiger partial charge in [-0.1, -0.05) is 48.9 Å². The van der Waals surface area contributed by atoms with E-state index in [4.69, 9.17) is 17.0 Å². The summed E-state index contributed by atoms with van der Waals surface area (Å²) < 4.78 is 6.00. The Bertz CT molecular complexity index is 1090. The van der Waals surface area contributed by atoms with Crippen molar-refractivity contribution in [3.05, 3.63) is 89.7 Å². The third-order valence-electron chi connectivity index (χ3n) is 6.00. The third kappa shape index (κ3) is 4.09. The molecule has 1 amide bonds. The fourth-order valence-corrected chi connectivity index (χ4v) is 4.74. The number of fused-ring (bicyclic) bond motifs is 2. The van der Waals surface area contributed by atoms with Gasteiger partial charge in [0, 0.05) is 30.1 Å². The molecule has 0 saturated carbocycles. The lowest BCUT2D eigenvalue weighted by molar-refractivity contribution is -0.120. The molecule has 1 fully saturated rings. The van der Waals surface area contributed by atoms with Gasteiger partial charge >= 0.3 is 0 Å². The van der Waals surface area contributed by atoms with E-state index in [0.29, 0.717) is 16.6 Å². The van der Waals surface area contributed by atoms with Crippen LogP contribution in [0.4, 0.5) is 0 Å². The van der Waals surface area contributed by atoms with Crippen molar-refractivity contribution in [1.29, 1.82) is 0 Å². The van der Waals surface area contributed by atoms with Crippen LogP contribution in [0, 0.1) is 0 Å². The fraction of sp³-hybridized carbons (Fsp3) is 0.240. The molecule has 0 spiro atoms. The monoisotopic (exact) mass is 444 g/mol. The molecule has 1 aromatic heterocycles. The van der Waals surface area contributed by atoms with E-state index >= 15 is 0 Å². The predicted molar refractivity (Wildman–Crippen MR) is 126 cm³/mol. The van der Waals surface area contributed by atoms with E-state index in [2.05, 4.69) is 26.8 Å². The Kier molecular flexibility index (Phi) is 5.83. The number of thiocarbonyl (C=S) groups is 1. The lowest BCUT2D eigenvalue weighted by Gasteiger charge is -2.36. The maximum atomic E-state index is 13.4. The Balaban J connectivity index is 1.34. The number of hydrogen-bond donors (Lipinski definition) is 2. The Morgan fingerprint density at radius 2 is 1.72 bits per heavy atom. The molecule has 2 N–H and O–H groups in total. The summed E-state index contributed by atoms with van der Waals surface area (Å²) in [7, 11) is 0. The molecule has 3 aromatic rings. The van der Waals surface area contributed by atoms with Crippen molar-refractivity contribution in [2.45, 2.75) is 31.2 Å². The number of nitrogens with one attached hydrogen (secondary N) is 2. The molecule has 0 bridgehead atoms. The molecule has 0 radical (unpaired) electrons. The molecule has 2 aromatic carbocycles. The number of nitrogens with zero attached hydrogens (tertiary/aromatic N) is 2. The molecule has 5 rings (SSSR count). The lowest BCUT2D eigenvalue weighted by Crippen LogP contribution is -2.52. The molecular weight excluding hydrogens is 420 g/mol. The van der Waals surface area contributed by atoms with Crippen LogP contribution in [0.1, 0.15) is 47.9 Å². The van der Waals surface area contributed by atoms with Gasteiger partial charge in [-0.3, -0.25) is 15.2 Å². The number of carbonyl (C=O) groups is 1.